The van der Waals surface area contributed by atoms with Gasteiger partial charge < -0.3 is 23.8 Å². The molecule has 0 radical (unpaired) electrons. The molecule has 0 amide bonds. The number of rotatable bonds is 45. The monoisotopic (exact) mass is 907 g/mol. The fourth-order valence-electron chi connectivity index (χ4n) is 7.01. The van der Waals surface area contributed by atoms with E-state index in [4.69, 9.17) is 14.2 Å². The number of allylic oxidation sites excluding steroid dienone is 16. The highest BCUT2D eigenvalue weighted by Gasteiger charge is 2.31. The molecule has 0 aliphatic heterocycles. The van der Waals surface area contributed by atoms with Gasteiger partial charge in [-0.3, -0.25) is 9.59 Å². The highest BCUT2D eigenvalue weighted by molar-refractivity contribution is 5.72. The second-order valence-corrected chi connectivity index (χ2v) is 18.0. The number of aliphatic carboxylic acids is 1. The predicted molar refractivity (Wildman–Crippen MR) is 275 cm³/mol. The summed E-state index contributed by atoms with van der Waals surface area (Å²) in [6.07, 6.45) is 63.1. The molecule has 0 aromatic heterocycles. The van der Waals surface area contributed by atoms with Crippen LogP contribution in [0.1, 0.15) is 194 Å². The van der Waals surface area contributed by atoms with Crippen LogP contribution in [0.25, 0.3) is 0 Å². The second-order valence-electron chi connectivity index (χ2n) is 18.0. The molecule has 1 N–H and O–H groups in total. The number of unbranched alkanes of at least 4 members (excludes halogenated alkanes) is 15. The Morgan fingerprint density at radius 1 is 0.477 bits per heavy atom. The summed E-state index contributed by atoms with van der Waals surface area (Å²) in [5.41, 5.74) is 0. The number of likely N-dealkylation sites (N-methyl/N-ethyl adjacent to an activating group) is 1. The summed E-state index contributed by atoms with van der Waals surface area (Å²) in [7, 11) is 5.51. The molecule has 0 rings (SSSR count). The van der Waals surface area contributed by atoms with Gasteiger partial charge in [0.2, 0.25) is 0 Å². The van der Waals surface area contributed by atoms with E-state index in [1.165, 1.54) is 64.2 Å². The molecule has 0 spiro atoms. The maximum absolute atomic E-state index is 12.8. The van der Waals surface area contributed by atoms with Gasteiger partial charge in [0.05, 0.1) is 34.4 Å². The molecule has 0 aromatic rings. The van der Waals surface area contributed by atoms with Crippen LogP contribution in [-0.4, -0.2) is 80.6 Å². The molecule has 65 heavy (non-hydrogen) atoms. The van der Waals surface area contributed by atoms with Crippen LogP contribution in [-0.2, 0) is 28.6 Å². The van der Waals surface area contributed by atoms with Crippen molar-refractivity contribution >= 4 is 17.9 Å². The van der Waals surface area contributed by atoms with Gasteiger partial charge in [-0.25, -0.2) is 4.79 Å². The molecule has 2 unspecified atom stereocenters. The number of carboxylic acids is 1. The summed E-state index contributed by atoms with van der Waals surface area (Å²) in [6, 6.07) is -0.627. The first-order valence-corrected chi connectivity index (χ1v) is 25.8. The maximum atomic E-state index is 12.8. The number of carboxylic acid groups (broad SMARTS) is 1. The Balaban J connectivity index is 4.33. The molecule has 0 saturated carbocycles. The van der Waals surface area contributed by atoms with Crippen LogP contribution in [0, 0.1) is 0 Å². The summed E-state index contributed by atoms with van der Waals surface area (Å²) in [4.78, 5) is 37.2. The summed E-state index contributed by atoms with van der Waals surface area (Å²) in [5.74, 6) is -1.52. The molecular formula is C57H96NO7+. The molecular weight excluding hydrogens is 811 g/mol. The SMILES string of the molecule is CC/C=C/C/C=C/C/C=C/C/C=C/C/C=C/CCCCCC(=O)OCC(COCCC(C(=O)O)[N+](C)(C)C)OC(=O)CCCCCCCCCCC/C=C/C/C=C/C/C=C/CCCCC. The fraction of sp³-hybridized carbons (Fsp3) is 0.667. The lowest BCUT2D eigenvalue weighted by molar-refractivity contribution is -0.887. The molecule has 0 fully saturated rings. The van der Waals surface area contributed by atoms with Crippen LogP contribution in [0.5, 0.6) is 0 Å². The van der Waals surface area contributed by atoms with Crippen molar-refractivity contribution in [2.24, 2.45) is 0 Å². The summed E-state index contributed by atoms with van der Waals surface area (Å²) >= 11 is 0. The molecule has 0 aliphatic rings. The number of ether oxygens (including phenoxy) is 3. The van der Waals surface area contributed by atoms with Crippen molar-refractivity contribution in [2.45, 2.75) is 206 Å². The number of carbonyl (C=O) groups excluding carboxylic acids is 2. The lowest BCUT2D eigenvalue weighted by Crippen LogP contribution is -2.50. The molecule has 0 saturated heterocycles. The lowest BCUT2D eigenvalue weighted by atomic mass is 10.1. The van der Waals surface area contributed by atoms with Crippen LogP contribution in [0.4, 0.5) is 0 Å². The highest BCUT2D eigenvalue weighted by Crippen LogP contribution is 2.14. The lowest BCUT2D eigenvalue weighted by Gasteiger charge is -2.31. The minimum Gasteiger partial charge on any atom is -0.477 e. The fourth-order valence-corrected chi connectivity index (χ4v) is 7.01. The number of esters is 2. The summed E-state index contributed by atoms with van der Waals surface area (Å²) in [6.45, 7) is 4.55. The molecule has 0 heterocycles. The highest BCUT2D eigenvalue weighted by atomic mass is 16.6. The Morgan fingerprint density at radius 2 is 0.862 bits per heavy atom. The van der Waals surface area contributed by atoms with Gasteiger partial charge in [-0.1, -0.05) is 175 Å². The van der Waals surface area contributed by atoms with Crippen molar-refractivity contribution in [3.8, 4) is 0 Å². The van der Waals surface area contributed by atoms with E-state index in [-0.39, 0.29) is 36.2 Å². The number of quaternary nitrogens is 1. The number of hydrogen-bond donors (Lipinski definition) is 1. The van der Waals surface area contributed by atoms with Gasteiger partial charge in [0, 0.05) is 19.3 Å². The van der Waals surface area contributed by atoms with E-state index >= 15 is 0 Å². The molecule has 370 valence electrons. The van der Waals surface area contributed by atoms with Gasteiger partial charge in [-0.2, -0.15) is 0 Å². The van der Waals surface area contributed by atoms with E-state index < -0.39 is 18.1 Å². The van der Waals surface area contributed by atoms with Crippen molar-refractivity contribution in [3.63, 3.8) is 0 Å². The zero-order chi connectivity index (χ0) is 47.7. The van der Waals surface area contributed by atoms with Gasteiger partial charge in [0.1, 0.15) is 6.61 Å². The van der Waals surface area contributed by atoms with Gasteiger partial charge in [0.15, 0.2) is 12.1 Å². The molecule has 0 aromatic carbocycles. The standard InChI is InChI=1S/C57H95NO7/c1-6-8-10-12-14-16-18-20-22-24-26-27-28-30-32-34-36-38-40-42-44-46-48-56(60)65-53(51-63-50-49-54(57(61)62)58(3,4)5)52-64-55(59)47-45-43-41-39-37-35-33-31-29-25-23-21-19-17-15-13-11-9-7-2/h9,11,14-17,20-23,26-27,29,31,35,37,53-54H,6-8,10,12-13,18-19,24-25,28,30,32-34,36,38-52H2,1-5H3/p+1/b11-9+,16-14+,17-15+,22-20+,23-21+,27-26+,31-29+,37-35+. The number of nitrogens with zero attached hydrogens (tertiary/aromatic N) is 1. The first-order chi connectivity index (χ1) is 31.6. The van der Waals surface area contributed by atoms with E-state index in [1.54, 1.807) is 0 Å². The third-order valence-electron chi connectivity index (χ3n) is 11.0. The van der Waals surface area contributed by atoms with Crippen LogP contribution < -0.4 is 0 Å². The van der Waals surface area contributed by atoms with Crippen LogP contribution >= 0.6 is 0 Å². The molecule has 2 atom stereocenters. The zero-order valence-corrected chi connectivity index (χ0v) is 42.2. The van der Waals surface area contributed by atoms with E-state index in [2.05, 4.69) is 111 Å². The van der Waals surface area contributed by atoms with Crippen molar-refractivity contribution in [3.05, 3.63) is 97.2 Å². The maximum Gasteiger partial charge on any atom is 0.362 e. The minimum atomic E-state index is -0.884. The van der Waals surface area contributed by atoms with Crippen molar-refractivity contribution in [1.29, 1.82) is 0 Å². The van der Waals surface area contributed by atoms with E-state index in [0.29, 0.717) is 19.3 Å². The third-order valence-corrected chi connectivity index (χ3v) is 11.0. The summed E-state index contributed by atoms with van der Waals surface area (Å²) in [5, 5.41) is 9.66. The van der Waals surface area contributed by atoms with E-state index in [9.17, 15) is 19.5 Å². The normalized spacial score (nSPS) is 13.7. The molecule has 0 aliphatic carbocycles. The van der Waals surface area contributed by atoms with Gasteiger partial charge in [-0.05, 0) is 96.3 Å². The van der Waals surface area contributed by atoms with Crippen molar-refractivity contribution in [2.75, 3.05) is 41.0 Å². The zero-order valence-electron chi connectivity index (χ0n) is 42.2. The van der Waals surface area contributed by atoms with Crippen LogP contribution in [0.2, 0.25) is 0 Å². The number of hydrogen-bond acceptors (Lipinski definition) is 6. The van der Waals surface area contributed by atoms with E-state index in [0.717, 1.165) is 96.3 Å². The topological polar surface area (TPSA) is 99.1 Å². The Hall–Kier alpha value is -3.75. The second kappa shape index (κ2) is 46.8. The van der Waals surface area contributed by atoms with Crippen LogP contribution in [0.3, 0.4) is 0 Å². The van der Waals surface area contributed by atoms with Crippen LogP contribution in [0.15, 0.2) is 97.2 Å². The average Bonchev–Trinajstić information content (AvgIpc) is 3.27. The largest absolute Gasteiger partial charge is 0.477 e. The molecule has 0 bridgehead atoms. The van der Waals surface area contributed by atoms with Gasteiger partial charge in [0.25, 0.3) is 0 Å². The first kappa shape index (κ1) is 61.2. The summed E-state index contributed by atoms with van der Waals surface area (Å²) < 4.78 is 17.3. The van der Waals surface area contributed by atoms with Gasteiger partial charge in [-0.15, -0.1) is 0 Å². The Bertz CT molecular complexity index is 1380. The quantitative estimate of drug-likeness (QED) is 0.0281. The van der Waals surface area contributed by atoms with Crippen molar-refractivity contribution in [1.82, 2.24) is 0 Å². The predicted octanol–water partition coefficient (Wildman–Crippen LogP) is 15.0. The Kier molecular flexibility index (Phi) is 44.1. The third kappa shape index (κ3) is 45.2. The minimum absolute atomic E-state index is 0.0424. The van der Waals surface area contributed by atoms with E-state index in [1.807, 2.05) is 21.1 Å². The van der Waals surface area contributed by atoms with Crippen molar-refractivity contribution < 1.29 is 38.2 Å². The van der Waals surface area contributed by atoms with Gasteiger partial charge >= 0.3 is 17.9 Å². The first-order valence-electron chi connectivity index (χ1n) is 25.8. The average molecular weight is 907 g/mol. The Labute approximate surface area is 398 Å². The smallest absolute Gasteiger partial charge is 0.362 e. The Morgan fingerprint density at radius 3 is 1.29 bits per heavy atom. The number of carbonyl (C=O) groups is 3. The molecule has 8 heteroatoms. The molecule has 8 nitrogen and oxygen atoms in total.